The summed E-state index contributed by atoms with van der Waals surface area (Å²) in [6.45, 7) is 1.05. The van der Waals surface area contributed by atoms with Crippen molar-refractivity contribution in [2.24, 2.45) is 0 Å². The molecule has 1 saturated heterocycles. The molecule has 3 heterocycles. The summed E-state index contributed by atoms with van der Waals surface area (Å²) in [5.41, 5.74) is 0.661. The number of nitrogens with one attached hydrogen (secondary N) is 1. The van der Waals surface area contributed by atoms with Crippen LogP contribution in [0, 0.1) is 0 Å². The molecular formula is C11H15BrN6O2S. The Labute approximate surface area is 130 Å². The lowest BCUT2D eigenvalue weighted by atomic mass is 10.1. The highest BCUT2D eigenvalue weighted by Gasteiger charge is 2.25. The van der Waals surface area contributed by atoms with Crippen molar-refractivity contribution < 1.29 is 8.42 Å². The lowest BCUT2D eigenvalue weighted by molar-refractivity contribution is 0.331. The Morgan fingerprint density at radius 3 is 2.76 bits per heavy atom. The summed E-state index contributed by atoms with van der Waals surface area (Å²) in [6, 6.07) is 0.178. The van der Waals surface area contributed by atoms with Gasteiger partial charge < -0.3 is 5.32 Å². The minimum atomic E-state index is -3.09. The van der Waals surface area contributed by atoms with Crippen molar-refractivity contribution in [3.63, 3.8) is 0 Å². The molecule has 0 spiro atoms. The van der Waals surface area contributed by atoms with E-state index in [1.54, 1.807) is 16.9 Å². The van der Waals surface area contributed by atoms with E-state index in [4.69, 9.17) is 0 Å². The SMILES string of the molecule is CS(=O)(=O)N1CCC(Nc2nc3cnc(Br)cn3n2)CC1. The van der Waals surface area contributed by atoms with Crippen LogP contribution in [0.4, 0.5) is 5.95 Å². The molecule has 1 N–H and O–H groups in total. The van der Waals surface area contributed by atoms with Gasteiger partial charge in [-0.05, 0) is 28.8 Å². The molecule has 0 radical (unpaired) electrons. The predicted molar refractivity (Wildman–Crippen MR) is 81.5 cm³/mol. The summed E-state index contributed by atoms with van der Waals surface area (Å²) in [5, 5.41) is 7.58. The number of nitrogens with zero attached hydrogens (tertiary/aromatic N) is 5. The number of fused-ring (bicyclic) bond motifs is 1. The molecule has 0 aliphatic carbocycles. The Morgan fingerprint density at radius 2 is 2.10 bits per heavy atom. The maximum atomic E-state index is 11.5. The van der Waals surface area contributed by atoms with E-state index in [1.807, 2.05) is 0 Å². The third-order valence-corrected chi connectivity index (χ3v) is 5.16. The monoisotopic (exact) mass is 374 g/mol. The molecule has 0 bridgehead atoms. The Kier molecular flexibility index (Phi) is 3.84. The summed E-state index contributed by atoms with van der Waals surface area (Å²) in [5.74, 6) is 0.535. The third kappa shape index (κ3) is 3.33. The predicted octanol–water partition coefficient (Wildman–Crippen LogP) is 0.723. The maximum Gasteiger partial charge on any atom is 0.243 e. The van der Waals surface area contributed by atoms with Crippen LogP contribution in [0.2, 0.25) is 0 Å². The van der Waals surface area contributed by atoms with Crippen LogP contribution < -0.4 is 5.32 Å². The number of rotatable bonds is 3. The quantitative estimate of drug-likeness (QED) is 0.850. The highest BCUT2D eigenvalue weighted by atomic mass is 79.9. The maximum absolute atomic E-state index is 11.5. The van der Waals surface area contributed by atoms with Crippen molar-refractivity contribution in [3.05, 3.63) is 17.0 Å². The summed E-state index contributed by atoms with van der Waals surface area (Å²) in [6.07, 6.45) is 6.10. The van der Waals surface area contributed by atoms with E-state index in [0.717, 1.165) is 12.8 Å². The van der Waals surface area contributed by atoms with Gasteiger partial charge in [-0.1, -0.05) is 0 Å². The molecule has 0 amide bonds. The van der Waals surface area contributed by atoms with E-state index in [9.17, 15) is 8.42 Å². The van der Waals surface area contributed by atoms with Crippen molar-refractivity contribution in [2.75, 3.05) is 24.7 Å². The van der Waals surface area contributed by atoms with Crippen LogP contribution in [-0.4, -0.2) is 57.7 Å². The molecule has 0 atom stereocenters. The first kappa shape index (κ1) is 14.7. The molecule has 1 aliphatic rings. The van der Waals surface area contributed by atoms with Crippen molar-refractivity contribution in [1.29, 1.82) is 0 Å². The van der Waals surface area contributed by atoms with Gasteiger partial charge in [-0.2, -0.15) is 4.98 Å². The Morgan fingerprint density at radius 1 is 1.38 bits per heavy atom. The minimum absolute atomic E-state index is 0.178. The Hall–Kier alpha value is -1.26. The number of piperidine rings is 1. The third-order valence-electron chi connectivity index (χ3n) is 3.45. The van der Waals surface area contributed by atoms with Gasteiger partial charge in [0, 0.05) is 19.1 Å². The van der Waals surface area contributed by atoms with Crippen LogP contribution in [0.5, 0.6) is 0 Å². The average Bonchev–Trinajstić information content (AvgIpc) is 2.79. The summed E-state index contributed by atoms with van der Waals surface area (Å²) < 4.78 is 26.8. The zero-order valence-electron chi connectivity index (χ0n) is 11.4. The summed E-state index contributed by atoms with van der Waals surface area (Å²) >= 11 is 3.28. The fourth-order valence-electron chi connectivity index (χ4n) is 2.35. The first-order chi connectivity index (χ1) is 9.91. The molecule has 1 aliphatic heterocycles. The van der Waals surface area contributed by atoms with Crippen molar-refractivity contribution >= 4 is 37.5 Å². The zero-order valence-corrected chi connectivity index (χ0v) is 13.8. The van der Waals surface area contributed by atoms with Crippen LogP contribution in [-0.2, 0) is 10.0 Å². The van der Waals surface area contributed by atoms with Gasteiger partial charge in [0.1, 0.15) is 4.60 Å². The van der Waals surface area contributed by atoms with E-state index < -0.39 is 10.0 Å². The van der Waals surface area contributed by atoms with Crippen LogP contribution in [0.1, 0.15) is 12.8 Å². The van der Waals surface area contributed by atoms with Gasteiger partial charge in [-0.25, -0.2) is 22.2 Å². The van der Waals surface area contributed by atoms with Crippen molar-refractivity contribution in [2.45, 2.75) is 18.9 Å². The molecule has 10 heteroatoms. The summed E-state index contributed by atoms with van der Waals surface area (Å²) in [7, 11) is -3.09. The molecule has 0 aromatic carbocycles. The molecule has 3 rings (SSSR count). The lowest BCUT2D eigenvalue weighted by Crippen LogP contribution is -2.41. The molecule has 8 nitrogen and oxygen atoms in total. The Bertz CT molecular complexity index is 753. The lowest BCUT2D eigenvalue weighted by Gasteiger charge is -2.30. The number of sulfonamides is 1. The van der Waals surface area contributed by atoms with E-state index in [2.05, 4.69) is 36.3 Å². The second-order valence-electron chi connectivity index (χ2n) is 5.03. The topological polar surface area (TPSA) is 92.5 Å². The number of hydrogen-bond acceptors (Lipinski definition) is 6. The molecular weight excluding hydrogens is 360 g/mol. The average molecular weight is 375 g/mol. The fraction of sp³-hybridized carbons (Fsp3) is 0.545. The van der Waals surface area contributed by atoms with Crippen LogP contribution in [0.15, 0.2) is 17.0 Å². The second kappa shape index (κ2) is 5.50. The highest BCUT2D eigenvalue weighted by Crippen LogP contribution is 2.17. The number of aromatic nitrogens is 4. The van der Waals surface area contributed by atoms with Gasteiger partial charge in [0.2, 0.25) is 16.0 Å². The molecule has 0 unspecified atom stereocenters. The molecule has 21 heavy (non-hydrogen) atoms. The van der Waals surface area contributed by atoms with Crippen LogP contribution in [0.3, 0.4) is 0 Å². The fourth-order valence-corrected chi connectivity index (χ4v) is 3.52. The Balaban J connectivity index is 1.67. The number of hydrogen-bond donors (Lipinski definition) is 1. The molecule has 0 saturated carbocycles. The first-order valence-corrected chi connectivity index (χ1v) is 9.15. The van der Waals surface area contributed by atoms with Crippen LogP contribution >= 0.6 is 15.9 Å². The van der Waals surface area contributed by atoms with Gasteiger partial charge in [0.05, 0.1) is 18.6 Å². The first-order valence-electron chi connectivity index (χ1n) is 6.51. The normalized spacial score (nSPS) is 18.2. The molecule has 1 fully saturated rings. The smallest absolute Gasteiger partial charge is 0.243 e. The van der Waals surface area contributed by atoms with Gasteiger partial charge in [0.25, 0.3) is 0 Å². The largest absolute Gasteiger partial charge is 0.350 e. The van der Waals surface area contributed by atoms with Gasteiger partial charge in [0.15, 0.2) is 5.65 Å². The van der Waals surface area contributed by atoms with E-state index >= 15 is 0 Å². The second-order valence-corrected chi connectivity index (χ2v) is 7.82. The van der Waals surface area contributed by atoms with Gasteiger partial charge in [-0.15, -0.1) is 5.10 Å². The minimum Gasteiger partial charge on any atom is -0.350 e. The van der Waals surface area contributed by atoms with E-state index in [-0.39, 0.29) is 6.04 Å². The van der Waals surface area contributed by atoms with Gasteiger partial charge >= 0.3 is 0 Å². The van der Waals surface area contributed by atoms with Crippen LogP contribution in [0.25, 0.3) is 5.65 Å². The number of halogens is 1. The highest BCUT2D eigenvalue weighted by molar-refractivity contribution is 9.10. The zero-order chi connectivity index (χ0) is 15.0. The van der Waals surface area contributed by atoms with E-state index in [1.165, 1.54) is 10.6 Å². The standard InChI is InChI=1S/C11H15BrN6O2S/c1-21(19,20)17-4-2-8(3-5-17)14-11-15-10-6-13-9(12)7-18(10)16-11/h6-8H,2-5H2,1H3,(H,14,16). The van der Waals surface area contributed by atoms with Gasteiger partial charge in [-0.3, -0.25) is 0 Å². The molecule has 114 valence electrons. The number of anilines is 1. The molecule has 2 aromatic rings. The molecule has 2 aromatic heterocycles. The van der Waals surface area contributed by atoms with E-state index in [0.29, 0.717) is 29.3 Å². The summed E-state index contributed by atoms with van der Waals surface area (Å²) in [4.78, 5) is 8.44. The van der Waals surface area contributed by atoms with Crippen molar-refractivity contribution in [3.8, 4) is 0 Å². The van der Waals surface area contributed by atoms with Crippen molar-refractivity contribution in [1.82, 2.24) is 23.9 Å².